The fourth-order valence-corrected chi connectivity index (χ4v) is 5.90. The molecule has 0 radical (unpaired) electrons. The van der Waals surface area contributed by atoms with E-state index in [-0.39, 0.29) is 17.4 Å². The highest BCUT2D eigenvalue weighted by molar-refractivity contribution is 7.90. The quantitative estimate of drug-likeness (QED) is 0.385. The van der Waals surface area contributed by atoms with E-state index in [0.717, 1.165) is 30.9 Å². The van der Waals surface area contributed by atoms with Crippen LogP contribution in [0.3, 0.4) is 0 Å². The number of rotatable bonds is 8. The van der Waals surface area contributed by atoms with Gasteiger partial charge in [-0.3, -0.25) is 9.69 Å². The van der Waals surface area contributed by atoms with Crippen molar-refractivity contribution in [3.8, 4) is 0 Å². The van der Waals surface area contributed by atoms with Gasteiger partial charge in [0.15, 0.2) is 9.84 Å². The Balaban J connectivity index is 1.49. The second-order valence-corrected chi connectivity index (χ2v) is 12.1. The number of amides is 1. The van der Waals surface area contributed by atoms with Gasteiger partial charge in [-0.05, 0) is 66.9 Å². The average molecular weight is 516 g/mol. The van der Waals surface area contributed by atoms with Crippen LogP contribution in [0.25, 0.3) is 11.3 Å². The molecule has 0 aliphatic carbocycles. The molecule has 1 amide bonds. The predicted octanol–water partition coefficient (Wildman–Crippen LogP) is 5.54. The Morgan fingerprint density at radius 2 is 1.62 bits per heavy atom. The van der Waals surface area contributed by atoms with E-state index < -0.39 is 9.84 Å². The minimum absolute atomic E-state index is 0.0508. The highest BCUT2D eigenvalue weighted by Crippen LogP contribution is 2.38. The van der Waals surface area contributed by atoms with Crippen molar-refractivity contribution in [3.63, 3.8) is 0 Å². The number of carbonyl (C=O) groups is 1. The number of likely N-dealkylation sites (tertiary alicyclic amines) is 1. The molecule has 3 aromatic rings. The van der Waals surface area contributed by atoms with Gasteiger partial charge in [0, 0.05) is 29.2 Å². The maximum atomic E-state index is 13.2. The van der Waals surface area contributed by atoms with Crippen LogP contribution in [0.2, 0.25) is 0 Å². The van der Waals surface area contributed by atoms with Gasteiger partial charge in [0.25, 0.3) is 5.91 Å². The molecule has 2 N–H and O–H groups in total. The van der Waals surface area contributed by atoms with Gasteiger partial charge in [0.1, 0.15) is 0 Å². The van der Waals surface area contributed by atoms with Gasteiger partial charge in [0.05, 0.1) is 17.0 Å². The van der Waals surface area contributed by atoms with Gasteiger partial charge in [-0.1, -0.05) is 61.9 Å². The summed E-state index contributed by atoms with van der Waals surface area (Å²) in [5.74, 6) is -0.183. The monoisotopic (exact) mass is 515 g/mol. The summed E-state index contributed by atoms with van der Waals surface area (Å²) < 4.78 is 24.5. The van der Waals surface area contributed by atoms with Gasteiger partial charge in [0.2, 0.25) is 0 Å². The third-order valence-corrected chi connectivity index (χ3v) is 8.70. The van der Waals surface area contributed by atoms with Crippen molar-refractivity contribution in [2.75, 3.05) is 29.5 Å². The molecule has 0 aromatic heterocycles. The molecule has 2 aliphatic rings. The molecule has 37 heavy (non-hydrogen) atoms. The molecule has 0 saturated carbocycles. The van der Waals surface area contributed by atoms with Gasteiger partial charge >= 0.3 is 0 Å². The van der Waals surface area contributed by atoms with E-state index in [0.29, 0.717) is 28.1 Å². The zero-order valence-electron chi connectivity index (χ0n) is 21.2. The number of anilines is 2. The molecule has 192 valence electrons. The summed E-state index contributed by atoms with van der Waals surface area (Å²) in [6.45, 7) is 4.90. The van der Waals surface area contributed by atoms with Crippen molar-refractivity contribution >= 4 is 38.4 Å². The average Bonchev–Trinajstić information content (AvgIpc) is 3.24. The summed E-state index contributed by atoms with van der Waals surface area (Å²) in [5, 5.41) is 6.46. The summed E-state index contributed by atoms with van der Waals surface area (Å²) in [5.41, 5.74) is 6.30. The van der Waals surface area contributed by atoms with Gasteiger partial charge in [-0.15, -0.1) is 0 Å². The Hall–Kier alpha value is -3.42. The molecule has 1 fully saturated rings. The van der Waals surface area contributed by atoms with Crippen LogP contribution in [0, 0.1) is 0 Å². The number of carbonyl (C=O) groups excluding carboxylic acids is 1. The maximum absolute atomic E-state index is 13.2. The largest absolute Gasteiger partial charge is 0.354 e. The van der Waals surface area contributed by atoms with Crippen molar-refractivity contribution in [2.24, 2.45) is 0 Å². The van der Waals surface area contributed by atoms with Gasteiger partial charge in [-0.25, -0.2) is 8.42 Å². The molecule has 0 bridgehead atoms. The summed E-state index contributed by atoms with van der Waals surface area (Å²) >= 11 is 0. The summed E-state index contributed by atoms with van der Waals surface area (Å²) in [6, 6.07) is 23.5. The fourth-order valence-electron chi connectivity index (χ4n) is 5.01. The lowest BCUT2D eigenvalue weighted by molar-refractivity contribution is -0.110. The molecule has 0 spiro atoms. The molecule has 0 atom stereocenters. The van der Waals surface area contributed by atoms with Crippen molar-refractivity contribution in [1.82, 2.24) is 4.90 Å². The minimum atomic E-state index is -3.20. The maximum Gasteiger partial charge on any atom is 0.258 e. The summed E-state index contributed by atoms with van der Waals surface area (Å²) in [4.78, 5) is 15.7. The van der Waals surface area contributed by atoms with Crippen LogP contribution in [0.5, 0.6) is 0 Å². The Labute approximate surface area is 219 Å². The van der Waals surface area contributed by atoms with E-state index in [4.69, 9.17) is 0 Å². The molecule has 0 unspecified atom stereocenters. The van der Waals surface area contributed by atoms with E-state index in [2.05, 4.69) is 39.8 Å². The first-order valence-electron chi connectivity index (χ1n) is 12.9. The van der Waals surface area contributed by atoms with Crippen molar-refractivity contribution in [3.05, 3.63) is 95.1 Å². The molecule has 7 heteroatoms. The highest BCUT2D eigenvalue weighted by Gasteiger charge is 2.29. The number of benzene rings is 3. The minimum Gasteiger partial charge on any atom is -0.354 e. The first kappa shape index (κ1) is 25.2. The van der Waals surface area contributed by atoms with Crippen LogP contribution in [-0.2, 0) is 26.9 Å². The second kappa shape index (κ2) is 10.9. The lowest BCUT2D eigenvalue weighted by atomic mass is 9.98. The zero-order valence-corrected chi connectivity index (χ0v) is 22.0. The van der Waals surface area contributed by atoms with Crippen LogP contribution in [0.4, 0.5) is 11.4 Å². The number of fused-ring (bicyclic) bond motifs is 1. The molecular formula is C30H33N3O3S. The second-order valence-electron chi connectivity index (χ2n) is 9.79. The van der Waals surface area contributed by atoms with E-state index >= 15 is 0 Å². The Morgan fingerprint density at radius 3 is 2.32 bits per heavy atom. The van der Waals surface area contributed by atoms with Crippen molar-refractivity contribution in [2.45, 2.75) is 38.5 Å². The number of hydrogen-bond donors (Lipinski definition) is 2. The topological polar surface area (TPSA) is 78.5 Å². The zero-order chi connectivity index (χ0) is 25.8. The van der Waals surface area contributed by atoms with Crippen LogP contribution >= 0.6 is 0 Å². The van der Waals surface area contributed by atoms with E-state index in [1.165, 1.54) is 24.8 Å². The smallest absolute Gasteiger partial charge is 0.258 e. The number of hydrogen-bond acceptors (Lipinski definition) is 5. The summed E-state index contributed by atoms with van der Waals surface area (Å²) in [7, 11) is -3.20. The van der Waals surface area contributed by atoms with Crippen molar-refractivity contribution < 1.29 is 13.2 Å². The molecule has 2 heterocycles. The first-order chi connectivity index (χ1) is 17.9. The highest BCUT2D eigenvalue weighted by atomic mass is 32.2. The van der Waals surface area contributed by atoms with Crippen LogP contribution in [0.1, 0.15) is 48.4 Å². The SMILES string of the molecule is CCS(=O)(=O)Cc1ccc2c(c1)/C(=C(/Nc1ccc(CN3CCCCC3)cc1)c1ccccc1)C(=O)N2. The van der Waals surface area contributed by atoms with Gasteiger partial charge < -0.3 is 10.6 Å². The predicted molar refractivity (Wildman–Crippen MR) is 151 cm³/mol. The molecule has 6 nitrogen and oxygen atoms in total. The van der Waals surface area contributed by atoms with Crippen LogP contribution in [0.15, 0.2) is 72.8 Å². The van der Waals surface area contributed by atoms with E-state index in [9.17, 15) is 13.2 Å². The normalized spacial score (nSPS) is 17.3. The van der Waals surface area contributed by atoms with E-state index in [1.54, 1.807) is 19.1 Å². The van der Waals surface area contributed by atoms with E-state index in [1.807, 2.05) is 36.4 Å². The lowest BCUT2D eigenvalue weighted by Crippen LogP contribution is -2.29. The fraction of sp³-hybridized carbons (Fsp3) is 0.300. The van der Waals surface area contributed by atoms with Crippen molar-refractivity contribution in [1.29, 1.82) is 0 Å². The lowest BCUT2D eigenvalue weighted by Gasteiger charge is -2.26. The molecule has 3 aromatic carbocycles. The number of sulfone groups is 1. The first-order valence-corrected chi connectivity index (χ1v) is 14.8. The molecule has 1 saturated heterocycles. The Morgan fingerprint density at radius 1 is 0.919 bits per heavy atom. The van der Waals surface area contributed by atoms with Crippen LogP contribution < -0.4 is 10.6 Å². The molecule has 5 rings (SSSR count). The standard InChI is InChI=1S/C30H33N3O3S/c1-2-37(35,36)21-23-13-16-27-26(19-23)28(30(34)32-27)29(24-9-5-3-6-10-24)31-25-14-11-22(12-15-25)20-33-17-7-4-8-18-33/h3,5-6,9-16,19,31H,2,4,7-8,17-18,20-21H2,1H3,(H,32,34)/b29-28-. The Kier molecular flexibility index (Phi) is 7.44. The number of nitrogens with one attached hydrogen (secondary N) is 2. The summed E-state index contributed by atoms with van der Waals surface area (Å²) in [6.07, 6.45) is 3.86. The third-order valence-electron chi connectivity index (χ3n) is 7.05. The number of nitrogens with zero attached hydrogens (tertiary/aromatic N) is 1. The molecule has 2 aliphatic heterocycles. The third kappa shape index (κ3) is 5.95. The molecular weight excluding hydrogens is 482 g/mol. The number of piperidine rings is 1. The Bertz CT molecular complexity index is 1410. The van der Waals surface area contributed by atoms with Gasteiger partial charge in [-0.2, -0.15) is 0 Å². The van der Waals surface area contributed by atoms with Crippen LogP contribution in [-0.4, -0.2) is 38.1 Å².